The van der Waals surface area contributed by atoms with Crippen molar-refractivity contribution in [1.29, 1.82) is 5.26 Å². The summed E-state index contributed by atoms with van der Waals surface area (Å²) < 4.78 is 5.47. The molecule has 0 bridgehead atoms. The summed E-state index contributed by atoms with van der Waals surface area (Å²) in [6.45, 7) is 0.368. The maximum absolute atomic E-state index is 12.1. The molecule has 0 radical (unpaired) electrons. The van der Waals surface area contributed by atoms with Gasteiger partial charge in [-0.2, -0.15) is 5.26 Å². The summed E-state index contributed by atoms with van der Waals surface area (Å²) in [6.07, 6.45) is -0.525. The molecule has 1 amide bonds. The Kier molecular flexibility index (Phi) is 5.70. The fourth-order valence-corrected chi connectivity index (χ4v) is 3.76. The molecule has 1 N–H and O–H groups in total. The molecule has 3 aromatic carbocycles. The fourth-order valence-electron chi connectivity index (χ4n) is 3.60. The summed E-state index contributed by atoms with van der Waals surface area (Å²) in [5.74, 6) is 5.71. The van der Waals surface area contributed by atoms with Gasteiger partial charge in [-0.05, 0) is 40.5 Å². The van der Waals surface area contributed by atoms with Crippen molar-refractivity contribution in [2.75, 3.05) is 13.2 Å². The number of ether oxygens (including phenoxy) is 1. The fraction of sp³-hybridized carbons (Fsp3) is 0.120. The zero-order chi connectivity index (χ0) is 20.9. The number of alkyl carbamates (subject to hydrolysis) is 1. The minimum Gasteiger partial charge on any atom is -0.449 e. The lowest BCUT2D eigenvalue weighted by atomic mass is 9.98. The third-order valence-corrected chi connectivity index (χ3v) is 5.31. The third kappa shape index (κ3) is 4.01. The number of carbonyl (C=O) groups is 1. The van der Waals surface area contributed by atoms with Crippen LogP contribution in [0.15, 0.2) is 66.7 Å². The van der Waals surface area contributed by atoms with Crippen LogP contribution in [0.3, 0.4) is 0 Å². The van der Waals surface area contributed by atoms with E-state index in [1.54, 1.807) is 18.2 Å². The van der Waals surface area contributed by atoms with Gasteiger partial charge in [0, 0.05) is 11.5 Å². The lowest BCUT2D eigenvalue weighted by Crippen LogP contribution is -2.26. The van der Waals surface area contributed by atoms with Crippen LogP contribution in [0.5, 0.6) is 0 Å². The van der Waals surface area contributed by atoms with E-state index in [1.165, 1.54) is 22.3 Å². The van der Waals surface area contributed by atoms with E-state index in [2.05, 4.69) is 41.4 Å². The Morgan fingerprint density at radius 1 is 1.03 bits per heavy atom. The monoisotopic (exact) mass is 412 g/mol. The molecule has 3 aromatic rings. The number of carbonyl (C=O) groups excluding carboxylic acids is 1. The molecular weight excluding hydrogens is 396 g/mol. The molecular formula is C25H17ClN2O2. The lowest BCUT2D eigenvalue weighted by molar-refractivity contribution is 0.144. The Balaban J connectivity index is 1.36. The average molecular weight is 413 g/mol. The molecule has 5 heteroatoms. The van der Waals surface area contributed by atoms with Crippen molar-refractivity contribution in [3.63, 3.8) is 0 Å². The second-order valence-corrected chi connectivity index (χ2v) is 7.19. The number of amides is 1. The maximum atomic E-state index is 12.1. The summed E-state index contributed by atoms with van der Waals surface area (Å²) in [7, 11) is 0. The summed E-state index contributed by atoms with van der Waals surface area (Å²) >= 11 is 6.08. The Labute approximate surface area is 180 Å². The van der Waals surface area contributed by atoms with E-state index >= 15 is 0 Å². The number of halogens is 1. The summed E-state index contributed by atoms with van der Waals surface area (Å²) in [5.41, 5.74) is 5.73. The van der Waals surface area contributed by atoms with Crippen LogP contribution in [0, 0.1) is 23.2 Å². The molecule has 30 heavy (non-hydrogen) atoms. The smallest absolute Gasteiger partial charge is 0.407 e. The Morgan fingerprint density at radius 2 is 1.70 bits per heavy atom. The van der Waals surface area contributed by atoms with Gasteiger partial charge in [0.15, 0.2) is 0 Å². The van der Waals surface area contributed by atoms with Crippen molar-refractivity contribution in [3.05, 3.63) is 94.0 Å². The van der Waals surface area contributed by atoms with Gasteiger partial charge in [-0.25, -0.2) is 4.79 Å². The van der Waals surface area contributed by atoms with Gasteiger partial charge in [0.25, 0.3) is 0 Å². The highest BCUT2D eigenvalue weighted by molar-refractivity contribution is 6.31. The van der Waals surface area contributed by atoms with E-state index in [9.17, 15) is 4.79 Å². The van der Waals surface area contributed by atoms with Gasteiger partial charge in [-0.3, -0.25) is 0 Å². The standard InChI is InChI=1S/C25H17ClN2O2/c26-24-12-11-17(15-27)14-18(24)6-5-13-28-25(29)30-16-23-21-9-3-1-7-19(21)20-8-2-4-10-22(20)23/h1-4,7-12,14,23H,13,16H2,(H,28,29). The first-order valence-corrected chi connectivity index (χ1v) is 9.82. The van der Waals surface area contributed by atoms with Crippen molar-refractivity contribution in [2.45, 2.75) is 5.92 Å². The second-order valence-electron chi connectivity index (χ2n) is 6.79. The largest absolute Gasteiger partial charge is 0.449 e. The van der Waals surface area contributed by atoms with E-state index in [4.69, 9.17) is 21.6 Å². The zero-order valence-electron chi connectivity index (χ0n) is 16.0. The summed E-state index contributed by atoms with van der Waals surface area (Å²) in [4.78, 5) is 12.1. The van der Waals surface area contributed by atoms with Gasteiger partial charge in [0.05, 0.1) is 23.2 Å². The SMILES string of the molecule is N#Cc1ccc(Cl)c(C#CCNC(=O)OCC2c3ccccc3-c3ccccc32)c1. The number of benzene rings is 3. The second kappa shape index (κ2) is 8.74. The average Bonchev–Trinajstić information content (AvgIpc) is 3.10. The number of hydrogen-bond acceptors (Lipinski definition) is 3. The van der Waals surface area contributed by atoms with Crippen molar-refractivity contribution in [2.24, 2.45) is 0 Å². The van der Waals surface area contributed by atoms with Crippen molar-refractivity contribution < 1.29 is 9.53 Å². The number of fused-ring (bicyclic) bond motifs is 3. The summed E-state index contributed by atoms with van der Waals surface area (Å²) in [5, 5.41) is 12.0. The molecule has 0 saturated carbocycles. The van der Waals surface area contributed by atoms with Crippen LogP contribution in [-0.4, -0.2) is 19.2 Å². The first-order valence-electron chi connectivity index (χ1n) is 9.44. The van der Waals surface area contributed by atoms with Crippen LogP contribution in [0.4, 0.5) is 4.79 Å². The van der Waals surface area contributed by atoms with E-state index in [1.807, 2.05) is 30.3 Å². The highest BCUT2D eigenvalue weighted by Gasteiger charge is 2.28. The quantitative estimate of drug-likeness (QED) is 0.608. The molecule has 0 fully saturated rings. The highest BCUT2D eigenvalue weighted by atomic mass is 35.5. The van der Waals surface area contributed by atoms with Gasteiger partial charge in [-0.1, -0.05) is 72.0 Å². The van der Waals surface area contributed by atoms with Gasteiger partial charge in [0.1, 0.15) is 6.61 Å². The van der Waals surface area contributed by atoms with Crippen LogP contribution < -0.4 is 5.32 Å². The predicted molar refractivity (Wildman–Crippen MR) is 116 cm³/mol. The molecule has 146 valence electrons. The summed E-state index contributed by atoms with van der Waals surface area (Å²) in [6, 6.07) is 23.3. The van der Waals surface area contributed by atoms with E-state index in [0.717, 1.165) is 0 Å². The Morgan fingerprint density at radius 3 is 2.37 bits per heavy atom. The first-order chi connectivity index (χ1) is 14.7. The zero-order valence-corrected chi connectivity index (χ0v) is 16.7. The molecule has 0 unspecified atom stereocenters. The van der Waals surface area contributed by atoms with Crippen molar-refractivity contribution in [1.82, 2.24) is 5.32 Å². The molecule has 0 aliphatic heterocycles. The van der Waals surface area contributed by atoms with Crippen LogP contribution in [0.1, 0.15) is 28.2 Å². The van der Waals surface area contributed by atoms with Crippen LogP contribution in [0.2, 0.25) is 5.02 Å². The topological polar surface area (TPSA) is 62.1 Å². The molecule has 0 spiro atoms. The number of nitrogens with one attached hydrogen (secondary N) is 1. The van der Waals surface area contributed by atoms with Crippen molar-refractivity contribution in [3.8, 4) is 29.0 Å². The van der Waals surface area contributed by atoms with Crippen LogP contribution in [0.25, 0.3) is 11.1 Å². The highest BCUT2D eigenvalue weighted by Crippen LogP contribution is 2.44. The van der Waals surface area contributed by atoms with E-state index < -0.39 is 6.09 Å². The lowest BCUT2D eigenvalue weighted by Gasteiger charge is -2.14. The van der Waals surface area contributed by atoms with E-state index in [0.29, 0.717) is 16.1 Å². The molecule has 0 saturated heterocycles. The van der Waals surface area contributed by atoms with Crippen LogP contribution >= 0.6 is 11.6 Å². The molecule has 4 rings (SSSR count). The molecule has 1 aliphatic rings. The number of nitriles is 1. The molecule has 0 atom stereocenters. The third-order valence-electron chi connectivity index (χ3n) is 4.98. The van der Waals surface area contributed by atoms with Gasteiger partial charge in [-0.15, -0.1) is 0 Å². The molecule has 0 heterocycles. The van der Waals surface area contributed by atoms with Gasteiger partial charge in [0.2, 0.25) is 0 Å². The van der Waals surface area contributed by atoms with Crippen LogP contribution in [-0.2, 0) is 4.74 Å². The van der Waals surface area contributed by atoms with Gasteiger partial charge < -0.3 is 10.1 Å². The van der Waals surface area contributed by atoms with Gasteiger partial charge >= 0.3 is 6.09 Å². The first kappa shape index (κ1) is 19.6. The minimum absolute atomic E-state index is 0.0155. The molecule has 1 aliphatic carbocycles. The number of rotatable bonds is 3. The van der Waals surface area contributed by atoms with E-state index in [-0.39, 0.29) is 19.1 Å². The molecule has 4 nitrogen and oxygen atoms in total. The Hall–Kier alpha value is -3.73. The maximum Gasteiger partial charge on any atom is 0.407 e. The number of nitrogens with zero attached hydrogens (tertiary/aromatic N) is 1. The Bertz CT molecular complexity index is 1170. The minimum atomic E-state index is -0.525. The predicted octanol–water partition coefficient (Wildman–Crippen LogP) is 5.10. The normalized spacial score (nSPS) is 11.5. The number of hydrogen-bond donors (Lipinski definition) is 1. The van der Waals surface area contributed by atoms with Crippen molar-refractivity contribution >= 4 is 17.7 Å². The molecule has 0 aromatic heterocycles.